The summed E-state index contributed by atoms with van der Waals surface area (Å²) in [5.41, 5.74) is 1.90. The summed E-state index contributed by atoms with van der Waals surface area (Å²) < 4.78 is 1.02. The molecule has 1 aromatic carbocycles. The molecular formula is C15H16BrN3O. The minimum atomic E-state index is 0.249. The lowest BCUT2D eigenvalue weighted by molar-refractivity contribution is 0.238. The topological polar surface area (TPSA) is 49.2 Å². The summed E-state index contributed by atoms with van der Waals surface area (Å²) in [5.74, 6) is 1.25. The number of aromatic nitrogens is 2. The van der Waals surface area contributed by atoms with Crippen LogP contribution in [0.15, 0.2) is 40.9 Å². The van der Waals surface area contributed by atoms with Gasteiger partial charge >= 0.3 is 0 Å². The molecule has 104 valence electrons. The van der Waals surface area contributed by atoms with Gasteiger partial charge in [0.15, 0.2) is 5.82 Å². The van der Waals surface area contributed by atoms with E-state index in [1.54, 1.807) is 0 Å². The van der Waals surface area contributed by atoms with Gasteiger partial charge in [-0.15, -0.1) is 10.2 Å². The Morgan fingerprint density at radius 2 is 2.05 bits per heavy atom. The molecule has 0 aliphatic carbocycles. The van der Waals surface area contributed by atoms with E-state index >= 15 is 0 Å². The molecule has 0 spiro atoms. The number of aliphatic hydroxyl groups is 1. The van der Waals surface area contributed by atoms with E-state index in [1.165, 1.54) is 0 Å². The third kappa shape index (κ3) is 2.69. The number of halogens is 1. The van der Waals surface area contributed by atoms with Crippen molar-refractivity contribution in [3.05, 3.63) is 40.9 Å². The number of hydrogen-bond donors (Lipinski definition) is 1. The van der Waals surface area contributed by atoms with Gasteiger partial charge in [-0.05, 0) is 24.6 Å². The van der Waals surface area contributed by atoms with E-state index in [-0.39, 0.29) is 6.61 Å². The van der Waals surface area contributed by atoms with Gasteiger partial charge in [0.2, 0.25) is 0 Å². The second kappa shape index (κ2) is 5.89. The van der Waals surface area contributed by atoms with Crippen LogP contribution in [-0.2, 0) is 0 Å². The summed E-state index contributed by atoms with van der Waals surface area (Å²) in [6, 6.07) is 12.0. The first-order chi connectivity index (χ1) is 9.78. The molecule has 1 N–H and O–H groups in total. The largest absolute Gasteiger partial charge is 0.396 e. The fraction of sp³-hybridized carbons (Fsp3) is 0.333. The highest BCUT2D eigenvalue weighted by Crippen LogP contribution is 2.27. The van der Waals surface area contributed by atoms with E-state index in [2.05, 4.69) is 31.0 Å². The predicted molar refractivity (Wildman–Crippen MR) is 82.6 cm³/mol. The lowest BCUT2D eigenvalue weighted by Crippen LogP contribution is -2.21. The van der Waals surface area contributed by atoms with Crippen molar-refractivity contribution >= 4 is 21.7 Å². The number of nitrogens with zero attached hydrogens (tertiary/aromatic N) is 3. The van der Waals surface area contributed by atoms with Gasteiger partial charge in [-0.2, -0.15) is 0 Å². The Kier molecular flexibility index (Phi) is 3.98. The Morgan fingerprint density at radius 3 is 2.70 bits per heavy atom. The molecule has 1 aliphatic heterocycles. The first-order valence-corrected chi connectivity index (χ1v) is 7.51. The van der Waals surface area contributed by atoms with Crippen LogP contribution in [0, 0.1) is 5.92 Å². The van der Waals surface area contributed by atoms with Crippen LogP contribution >= 0.6 is 15.9 Å². The maximum Gasteiger partial charge on any atom is 0.151 e. The molecule has 4 nitrogen and oxygen atoms in total. The molecule has 5 heteroatoms. The van der Waals surface area contributed by atoms with Crippen molar-refractivity contribution in [3.8, 4) is 11.3 Å². The SMILES string of the molecule is OCC1CCN(c2ccc(-c3ccccc3Br)nn2)C1. The van der Waals surface area contributed by atoms with Crippen molar-refractivity contribution < 1.29 is 5.11 Å². The summed E-state index contributed by atoms with van der Waals surface area (Å²) in [6.07, 6.45) is 1.02. The summed E-state index contributed by atoms with van der Waals surface area (Å²) >= 11 is 3.53. The minimum Gasteiger partial charge on any atom is -0.396 e. The molecule has 3 rings (SSSR count). The average molecular weight is 334 g/mol. The fourth-order valence-electron chi connectivity index (χ4n) is 2.50. The van der Waals surface area contributed by atoms with Crippen LogP contribution in [0.5, 0.6) is 0 Å². The van der Waals surface area contributed by atoms with Gasteiger partial charge in [-0.1, -0.05) is 34.1 Å². The standard InChI is InChI=1S/C15H16BrN3O/c16-13-4-2-1-3-12(13)14-5-6-15(18-17-14)19-8-7-11(9-19)10-20/h1-6,11,20H,7-10H2. The molecule has 0 saturated carbocycles. The first kappa shape index (κ1) is 13.5. The van der Waals surface area contributed by atoms with E-state index < -0.39 is 0 Å². The van der Waals surface area contributed by atoms with Crippen LogP contribution in [0.2, 0.25) is 0 Å². The van der Waals surface area contributed by atoms with Gasteiger partial charge in [0.1, 0.15) is 0 Å². The van der Waals surface area contributed by atoms with E-state index in [9.17, 15) is 5.11 Å². The number of benzene rings is 1. The van der Waals surface area contributed by atoms with Crippen molar-refractivity contribution in [2.75, 3.05) is 24.6 Å². The van der Waals surface area contributed by atoms with Crippen LogP contribution in [0.4, 0.5) is 5.82 Å². The zero-order valence-electron chi connectivity index (χ0n) is 11.0. The summed E-state index contributed by atoms with van der Waals surface area (Å²) in [7, 11) is 0. The molecule has 1 atom stereocenters. The second-order valence-electron chi connectivity index (χ2n) is 5.04. The monoisotopic (exact) mass is 333 g/mol. The lowest BCUT2D eigenvalue weighted by Gasteiger charge is -2.16. The van der Waals surface area contributed by atoms with E-state index in [0.717, 1.165) is 41.1 Å². The van der Waals surface area contributed by atoms with Gasteiger partial charge in [-0.3, -0.25) is 0 Å². The molecule has 2 heterocycles. The van der Waals surface area contributed by atoms with Crippen molar-refractivity contribution in [1.82, 2.24) is 10.2 Å². The smallest absolute Gasteiger partial charge is 0.151 e. The Bertz CT molecular complexity index is 588. The van der Waals surface area contributed by atoms with E-state index in [1.807, 2.05) is 36.4 Å². The molecule has 1 unspecified atom stereocenters. The highest BCUT2D eigenvalue weighted by atomic mass is 79.9. The molecule has 0 bridgehead atoms. The number of aliphatic hydroxyl groups excluding tert-OH is 1. The van der Waals surface area contributed by atoms with Crippen molar-refractivity contribution in [1.29, 1.82) is 0 Å². The number of anilines is 1. The maximum atomic E-state index is 9.19. The zero-order valence-corrected chi connectivity index (χ0v) is 12.6. The van der Waals surface area contributed by atoms with Crippen molar-refractivity contribution in [2.24, 2.45) is 5.92 Å². The van der Waals surface area contributed by atoms with Crippen LogP contribution in [0.25, 0.3) is 11.3 Å². The fourth-order valence-corrected chi connectivity index (χ4v) is 2.98. The molecule has 20 heavy (non-hydrogen) atoms. The third-order valence-electron chi connectivity index (χ3n) is 3.67. The summed E-state index contributed by atoms with van der Waals surface area (Å²) in [6.45, 7) is 2.05. The molecule has 0 amide bonds. The Labute approximate surface area is 126 Å². The highest BCUT2D eigenvalue weighted by Gasteiger charge is 2.22. The first-order valence-electron chi connectivity index (χ1n) is 6.72. The average Bonchev–Trinajstić information content (AvgIpc) is 2.97. The Morgan fingerprint density at radius 1 is 1.20 bits per heavy atom. The summed E-state index contributed by atoms with van der Waals surface area (Å²) in [4.78, 5) is 2.18. The Hall–Kier alpha value is -1.46. The highest BCUT2D eigenvalue weighted by molar-refractivity contribution is 9.10. The Balaban J connectivity index is 1.80. The van der Waals surface area contributed by atoms with Gasteiger partial charge < -0.3 is 10.0 Å². The third-order valence-corrected chi connectivity index (χ3v) is 4.36. The normalized spacial score (nSPS) is 18.5. The van der Waals surface area contributed by atoms with Gasteiger partial charge in [0, 0.05) is 35.7 Å². The van der Waals surface area contributed by atoms with E-state index in [4.69, 9.17) is 0 Å². The quantitative estimate of drug-likeness (QED) is 0.938. The molecule has 1 saturated heterocycles. The number of hydrogen-bond acceptors (Lipinski definition) is 4. The molecular weight excluding hydrogens is 318 g/mol. The van der Waals surface area contributed by atoms with Crippen LogP contribution in [0.1, 0.15) is 6.42 Å². The molecule has 2 aromatic rings. The van der Waals surface area contributed by atoms with Gasteiger partial charge in [0.25, 0.3) is 0 Å². The van der Waals surface area contributed by atoms with Crippen molar-refractivity contribution in [2.45, 2.75) is 6.42 Å². The minimum absolute atomic E-state index is 0.249. The second-order valence-corrected chi connectivity index (χ2v) is 5.89. The summed E-state index contributed by atoms with van der Waals surface area (Å²) in [5, 5.41) is 17.8. The van der Waals surface area contributed by atoms with Crippen molar-refractivity contribution in [3.63, 3.8) is 0 Å². The maximum absolute atomic E-state index is 9.19. The van der Waals surface area contributed by atoms with Crippen LogP contribution in [0.3, 0.4) is 0 Å². The molecule has 1 fully saturated rings. The zero-order chi connectivity index (χ0) is 13.9. The van der Waals surface area contributed by atoms with E-state index in [0.29, 0.717) is 5.92 Å². The molecule has 1 aromatic heterocycles. The van der Waals surface area contributed by atoms with Crippen LogP contribution in [-0.4, -0.2) is 35.0 Å². The molecule has 0 radical (unpaired) electrons. The van der Waals surface area contributed by atoms with Crippen LogP contribution < -0.4 is 4.90 Å². The lowest BCUT2D eigenvalue weighted by atomic mass is 10.1. The molecule has 1 aliphatic rings. The van der Waals surface area contributed by atoms with Gasteiger partial charge in [0.05, 0.1) is 5.69 Å². The van der Waals surface area contributed by atoms with Gasteiger partial charge in [-0.25, -0.2) is 0 Å². The predicted octanol–water partition coefficient (Wildman–Crippen LogP) is 2.72. The number of rotatable bonds is 3.